The minimum absolute atomic E-state index is 0.318. The molecule has 0 spiro atoms. The minimum atomic E-state index is -0.318. The van der Waals surface area contributed by atoms with Crippen LogP contribution >= 0.6 is 0 Å². The summed E-state index contributed by atoms with van der Waals surface area (Å²) < 4.78 is 4.55. The predicted molar refractivity (Wildman–Crippen MR) is 51.0 cm³/mol. The molecule has 0 radical (unpaired) electrons. The van der Waals surface area contributed by atoms with Crippen LogP contribution < -0.4 is 5.32 Å². The second-order valence-electron chi connectivity index (χ2n) is 3.17. The van der Waals surface area contributed by atoms with Gasteiger partial charge in [0, 0.05) is 6.54 Å². The normalized spacial score (nSPS) is 9.33. The lowest BCUT2D eigenvalue weighted by Crippen LogP contribution is -2.17. The van der Waals surface area contributed by atoms with Crippen molar-refractivity contribution in [3.05, 3.63) is 12.7 Å². The summed E-state index contributed by atoms with van der Waals surface area (Å²) in [5, 5.41) is 2.90. The Hall–Kier alpha value is -0.830. The van der Waals surface area contributed by atoms with Crippen molar-refractivity contribution in [2.24, 2.45) is 0 Å². The summed E-state index contributed by atoms with van der Waals surface area (Å²) in [5.41, 5.74) is -0.318. The highest BCUT2D eigenvalue weighted by Crippen LogP contribution is 2.02. The number of hydrogen-bond donors (Lipinski definition) is 1. The Kier molecular flexibility index (Phi) is 9.47. The summed E-state index contributed by atoms with van der Waals surface area (Å²) in [6.07, 6.45) is 1.82. The van der Waals surface area contributed by atoms with E-state index in [4.69, 9.17) is 0 Å². The lowest BCUT2D eigenvalue weighted by Gasteiger charge is -2.14. The van der Waals surface area contributed by atoms with Gasteiger partial charge in [-0.25, -0.2) is 0 Å². The van der Waals surface area contributed by atoms with Crippen LogP contribution in [0.25, 0.3) is 0 Å². The van der Waals surface area contributed by atoms with Gasteiger partial charge in [-0.1, -0.05) is 6.08 Å². The molecular formula is C9H19NO2. The molecule has 0 unspecified atom stereocenters. The van der Waals surface area contributed by atoms with E-state index in [2.05, 4.69) is 16.6 Å². The van der Waals surface area contributed by atoms with Crippen LogP contribution in [0.4, 0.5) is 0 Å². The van der Waals surface area contributed by atoms with Gasteiger partial charge in [0.25, 0.3) is 6.47 Å². The van der Waals surface area contributed by atoms with E-state index in [0.717, 1.165) is 6.54 Å². The molecule has 72 valence electrons. The summed E-state index contributed by atoms with van der Waals surface area (Å²) in [5.74, 6) is 0. The standard InChI is InChI=1S/C5H10O2.C4H9N/c1-5(2,3)7-4-6;1-3-4-5-2/h4H,1-3H3;3,5H,1,4H2,2H3. The molecule has 0 saturated heterocycles. The van der Waals surface area contributed by atoms with Crippen molar-refractivity contribution in [2.75, 3.05) is 13.6 Å². The van der Waals surface area contributed by atoms with E-state index in [-0.39, 0.29) is 5.60 Å². The molecule has 12 heavy (non-hydrogen) atoms. The van der Waals surface area contributed by atoms with E-state index in [1.165, 1.54) is 0 Å². The van der Waals surface area contributed by atoms with Crippen molar-refractivity contribution >= 4 is 6.47 Å². The molecule has 0 heterocycles. The van der Waals surface area contributed by atoms with Crippen LogP contribution in [-0.2, 0) is 9.53 Å². The molecule has 0 saturated carbocycles. The lowest BCUT2D eigenvalue weighted by molar-refractivity contribution is -0.138. The number of ether oxygens (including phenoxy) is 1. The van der Waals surface area contributed by atoms with Gasteiger partial charge in [0.1, 0.15) is 5.60 Å². The van der Waals surface area contributed by atoms with Gasteiger partial charge in [-0.3, -0.25) is 4.79 Å². The first-order valence-corrected chi connectivity index (χ1v) is 3.85. The molecule has 0 rings (SSSR count). The van der Waals surface area contributed by atoms with E-state index in [1.807, 2.05) is 33.9 Å². The van der Waals surface area contributed by atoms with Gasteiger partial charge in [0.2, 0.25) is 0 Å². The van der Waals surface area contributed by atoms with Gasteiger partial charge in [-0.05, 0) is 27.8 Å². The van der Waals surface area contributed by atoms with Gasteiger partial charge in [0.15, 0.2) is 0 Å². The number of rotatable bonds is 3. The summed E-state index contributed by atoms with van der Waals surface area (Å²) in [4.78, 5) is 9.60. The zero-order chi connectivity index (χ0) is 10.0. The van der Waals surface area contributed by atoms with E-state index in [1.54, 1.807) is 0 Å². The molecule has 0 aromatic rings. The lowest BCUT2D eigenvalue weighted by atomic mass is 10.2. The van der Waals surface area contributed by atoms with E-state index in [0.29, 0.717) is 6.47 Å². The van der Waals surface area contributed by atoms with Gasteiger partial charge in [-0.15, -0.1) is 6.58 Å². The number of likely N-dealkylation sites (N-methyl/N-ethyl adjacent to an activating group) is 1. The third kappa shape index (κ3) is 22.9. The molecule has 0 fully saturated rings. The Labute approximate surface area is 74.8 Å². The van der Waals surface area contributed by atoms with Crippen molar-refractivity contribution in [2.45, 2.75) is 26.4 Å². The molecule has 0 amide bonds. The zero-order valence-corrected chi connectivity index (χ0v) is 8.39. The topological polar surface area (TPSA) is 38.3 Å². The smallest absolute Gasteiger partial charge is 0.293 e. The van der Waals surface area contributed by atoms with Crippen molar-refractivity contribution in [1.82, 2.24) is 5.32 Å². The maximum Gasteiger partial charge on any atom is 0.293 e. The van der Waals surface area contributed by atoms with Crippen molar-refractivity contribution in [3.8, 4) is 0 Å². The number of carbonyl (C=O) groups excluding carboxylic acids is 1. The van der Waals surface area contributed by atoms with Crippen molar-refractivity contribution < 1.29 is 9.53 Å². The highest BCUT2D eigenvalue weighted by Gasteiger charge is 2.07. The fourth-order valence-electron chi connectivity index (χ4n) is 0.289. The molecule has 0 aliphatic carbocycles. The van der Waals surface area contributed by atoms with E-state index >= 15 is 0 Å². The van der Waals surface area contributed by atoms with Crippen LogP contribution in [0.15, 0.2) is 12.7 Å². The fourth-order valence-corrected chi connectivity index (χ4v) is 0.289. The number of hydrogen-bond acceptors (Lipinski definition) is 3. The van der Waals surface area contributed by atoms with Gasteiger partial charge in [0.05, 0.1) is 0 Å². The quantitative estimate of drug-likeness (QED) is 0.517. The molecule has 0 atom stereocenters. The van der Waals surface area contributed by atoms with E-state index < -0.39 is 0 Å². The summed E-state index contributed by atoms with van der Waals surface area (Å²) in [6, 6.07) is 0. The molecule has 3 heteroatoms. The Morgan fingerprint density at radius 2 is 2.00 bits per heavy atom. The van der Waals surface area contributed by atoms with Crippen LogP contribution in [0.1, 0.15) is 20.8 Å². The first kappa shape index (κ1) is 13.7. The second kappa shape index (κ2) is 8.27. The van der Waals surface area contributed by atoms with Gasteiger partial charge < -0.3 is 10.1 Å². The Bertz CT molecular complexity index is 116. The highest BCUT2D eigenvalue weighted by molar-refractivity contribution is 5.37. The molecule has 1 N–H and O–H groups in total. The molecule has 0 aliphatic heterocycles. The third-order valence-corrected chi connectivity index (χ3v) is 0.750. The summed E-state index contributed by atoms with van der Waals surface area (Å²) in [7, 11) is 1.89. The maximum atomic E-state index is 9.60. The third-order valence-electron chi connectivity index (χ3n) is 0.750. The average Bonchev–Trinajstić information content (AvgIpc) is 1.87. The zero-order valence-electron chi connectivity index (χ0n) is 8.39. The Balaban J connectivity index is 0. The first-order valence-electron chi connectivity index (χ1n) is 3.85. The molecule has 0 aromatic carbocycles. The number of carbonyl (C=O) groups is 1. The van der Waals surface area contributed by atoms with E-state index in [9.17, 15) is 4.79 Å². The minimum Gasteiger partial charge on any atom is -0.462 e. The van der Waals surface area contributed by atoms with Crippen LogP contribution in [-0.4, -0.2) is 25.7 Å². The summed E-state index contributed by atoms with van der Waals surface area (Å²) >= 11 is 0. The monoisotopic (exact) mass is 173 g/mol. The Morgan fingerprint density at radius 1 is 1.50 bits per heavy atom. The molecule has 3 nitrogen and oxygen atoms in total. The Morgan fingerprint density at radius 3 is 2.00 bits per heavy atom. The highest BCUT2D eigenvalue weighted by atomic mass is 16.5. The molecule has 0 aromatic heterocycles. The van der Waals surface area contributed by atoms with Crippen molar-refractivity contribution in [1.29, 1.82) is 0 Å². The fraction of sp³-hybridized carbons (Fsp3) is 0.667. The summed E-state index contributed by atoms with van der Waals surface area (Å²) in [6.45, 7) is 10.3. The molecule has 0 bridgehead atoms. The van der Waals surface area contributed by atoms with Crippen LogP contribution in [0.5, 0.6) is 0 Å². The molecular weight excluding hydrogens is 154 g/mol. The maximum absolute atomic E-state index is 9.60. The first-order chi connectivity index (χ1) is 5.47. The predicted octanol–water partition coefficient (Wildman–Crippen LogP) is 1.35. The largest absolute Gasteiger partial charge is 0.462 e. The van der Waals surface area contributed by atoms with Gasteiger partial charge in [-0.2, -0.15) is 0 Å². The van der Waals surface area contributed by atoms with Crippen LogP contribution in [0.2, 0.25) is 0 Å². The van der Waals surface area contributed by atoms with Crippen LogP contribution in [0, 0.1) is 0 Å². The van der Waals surface area contributed by atoms with Crippen molar-refractivity contribution in [3.63, 3.8) is 0 Å². The number of nitrogens with one attached hydrogen (secondary N) is 1. The average molecular weight is 173 g/mol. The van der Waals surface area contributed by atoms with Crippen LogP contribution in [0.3, 0.4) is 0 Å². The second-order valence-corrected chi connectivity index (χ2v) is 3.17. The van der Waals surface area contributed by atoms with Gasteiger partial charge >= 0.3 is 0 Å². The molecule has 0 aliphatic rings. The SMILES string of the molecule is C=CCNC.CC(C)(C)OC=O.